The molecule has 37 heavy (non-hydrogen) atoms. The average molecular weight is 494 g/mol. The third-order valence-corrected chi connectivity index (χ3v) is 7.07. The third kappa shape index (κ3) is 5.56. The van der Waals surface area contributed by atoms with Gasteiger partial charge >= 0.3 is 0 Å². The second-order valence-corrected chi connectivity index (χ2v) is 9.65. The van der Waals surface area contributed by atoms with Crippen molar-refractivity contribution in [3.63, 3.8) is 0 Å². The molecule has 6 nitrogen and oxygen atoms in total. The lowest BCUT2D eigenvalue weighted by atomic mass is 9.93. The van der Waals surface area contributed by atoms with E-state index in [1.54, 1.807) is 0 Å². The smallest absolute Gasteiger partial charge is 0.161 e. The fourth-order valence-corrected chi connectivity index (χ4v) is 4.43. The molecule has 188 valence electrons. The van der Waals surface area contributed by atoms with Crippen LogP contribution >= 0.6 is 0 Å². The van der Waals surface area contributed by atoms with Gasteiger partial charge in [0.1, 0.15) is 6.61 Å². The zero-order chi connectivity index (χ0) is 25.8. The second kappa shape index (κ2) is 10.5. The Hall–Kier alpha value is -4.00. The summed E-state index contributed by atoms with van der Waals surface area (Å²) >= 11 is 0. The van der Waals surface area contributed by atoms with Crippen LogP contribution in [0, 0.1) is 0 Å². The van der Waals surface area contributed by atoms with Gasteiger partial charge < -0.3 is 15.1 Å². The number of aliphatic hydroxyl groups is 2. The lowest BCUT2D eigenvalue weighted by Crippen LogP contribution is -2.25. The first-order valence-corrected chi connectivity index (χ1v) is 12.4. The molecule has 3 aromatic carbocycles. The van der Waals surface area contributed by atoms with E-state index in [1.807, 2.05) is 78.6 Å². The van der Waals surface area contributed by atoms with Crippen LogP contribution in [0.3, 0.4) is 0 Å². The van der Waals surface area contributed by atoms with Gasteiger partial charge in [0.25, 0.3) is 0 Å². The lowest BCUT2D eigenvalue weighted by molar-refractivity contribution is -0.0694. The molecule has 1 aliphatic rings. The summed E-state index contributed by atoms with van der Waals surface area (Å²) < 4.78 is 1.85. The van der Waals surface area contributed by atoms with Gasteiger partial charge in [0, 0.05) is 17.2 Å². The predicted molar refractivity (Wildman–Crippen MR) is 146 cm³/mol. The highest BCUT2D eigenvalue weighted by Crippen LogP contribution is 2.50. The molecule has 0 radical (unpaired) electrons. The van der Waals surface area contributed by atoms with Crippen LogP contribution in [0.4, 0.5) is 0 Å². The van der Waals surface area contributed by atoms with Gasteiger partial charge in [0.2, 0.25) is 0 Å². The summed E-state index contributed by atoms with van der Waals surface area (Å²) in [7, 11) is 0. The predicted octanol–water partition coefficient (Wildman–Crippen LogP) is 5.71. The van der Waals surface area contributed by atoms with Crippen molar-refractivity contribution in [1.82, 2.24) is 9.78 Å². The maximum absolute atomic E-state index is 9.68. The average Bonchev–Trinajstić information content (AvgIpc) is 3.62. The Morgan fingerprint density at radius 2 is 1.57 bits per heavy atom. The molecular weight excluding hydrogens is 462 g/mol. The molecule has 2 N–H and O–H groups in total. The molecule has 1 aromatic heterocycles. The molecular formula is C31H31N3O3. The Kier molecular flexibility index (Phi) is 7.04. The van der Waals surface area contributed by atoms with E-state index < -0.39 is 11.7 Å². The quantitative estimate of drug-likeness (QED) is 0.169. The highest BCUT2D eigenvalue weighted by Gasteiger charge is 2.49. The van der Waals surface area contributed by atoms with E-state index in [2.05, 4.69) is 41.1 Å². The molecule has 1 aliphatic carbocycles. The van der Waals surface area contributed by atoms with Crippen molar-refractivity contribution in [2.24, 2.45) is 5.16 Å². The first kappa shape index (κ1) is 24.7. The van der Waals surface area contributed by atoms with Crippen molar-refractivity contribution < 1.29 is 15.1 Å². The first-order chi connectivity index (χ1) is 17.9. The fraction of sp³-hybridized carbons (Fsp3) is 0.226. The highest BCUT2D eigenvalue weighted by molar-refractivity contribution is 5.97. The molecule has 0 amide bonds. The van der Waals surface area contributed by atoms with E-state index in [-0.39, 0.29) is 0 Å². The normalized spacial score (nSPS) is 14.5. The zero-order valence-corrected chi connectivity index (χ0v) is 20.9. The number of hydrogen-bond acceptors (Lipinski definition) is 5. The maximum atomic E-state index is 9.68. The number of benzene rings is 3. The van der Waals surface area contributed by atoms with E-state index in [4.69, 9.17) is 4.84 Å². The van der Waals surface area contributed by atoms with E-state index in [0.29, 0.717) is 13.2 Å². The molecule has 0 spiro atoms. The standard InChI is InChI=1S/C31H31N3O3/c1-22(19-34-20-28(18-32-34)25-6-4-3-5-7-25)23(2)33-37-21-24-8-10-26(11-9-24)27-12-14-29(15-13-27)31(16-17-31)30(35)36/h3-15,18,20,30,35-36H,1,16-17,19,21H2,2H3/b33-23-. The van der Waals surface area contributed by atoms with Gasteiger partial charge in [-0.05, 0) is 53.2 Å². The largest absolute Gasteiger partial charge is 0.391 e. The van der Waals surface area contributed by atoms with Gasteiger partial charge in [-0.2, -0.15) is 5.10 Å². The monoisotopic (exact) mass is 493 g/mol. The number of allylic oxidation sites excluding steroid dienone is 1. The van der Waals surface area contributed by atoms with Gasteiger partial charge in [-0.15, -0.1) is 0 Å². The summed E-state index contributed by atoms with van der Waals surface area (Å²) in [5, 5.41) is 28.1. The van der Waals surface area contributed by atoms with Crippen molar-refractivity contribution in [2.45, 2.75) is 44.6 Å². The minimum absolute atomic E-state index is 0.362. The van der Waals surface area contributed by atoms with Crippen molar-refractivity contribution in [3.8, 4) is 22.3 Å². The van der Waals surface area contributed by atoms with Crippen LogP contribution < -0.4 is 0 Å². The summed E-state index contributed by atoms with van der Waals surface area (Å²) in [6.45, 7) is 6.93. The molecule has 0 bridgehead atoms. The van der Waals surface area contributed by atoms with Crippen molar-refractivity contribution >= 4 is 5.71 Å². The highest BCUT2D eigenvalue weighted by atomic mass is 16.6. The second-order valence-electron chi connectivity index (χ2n) is 9.65. The van der Waals surface area contributed by atoms with Crippen LogP contribution in [0.1, 0.15) is 30.9 Å². The Labute approximate surface area is 217 Å². The number of aromatic nitrogens is 2. The van der Waals surface area contributed by atoms with Crippen molar-refractivity contribution in [2.75, 3.05) is 0 Å². The first-order valence-electron chi connectivity index (χ1n) is 12.4. The summed E-state index contributed by atoms with van der Waals surface area (Å²) in [6, 6.07) is 26.4. The van der Waals surface area contributed by atoms with Crippen LogP contribution in [0.15, 0.2) is 109 Å². The Morgan fingerprint density at radius 1 is 0.946 bits per heavy atom. The zero-order valence-electron chi connectivity index (χ0n) is 20.9. The van der Waals surface area contributed by atoms with E-state index in [9.17, 15) is 10.2 Å². The van der Waals surface area contributed by atoms with Crippen molar-refractivity contribution in [1.29, 1.82) is 0 Å². The maximum Gasteiger partial charge on any atom is 0.161 e. The Bertz CT molecular complexity index is 1380. The van der Waals surface area contributed by atoms with Crippen LogP contribution in [0.5, 0.6) is 0 Å². The third-order valence-electron chi connectivity index (χ3n) is 7.07. The number of oxime groups is 1. The van der Waals surface area contributed by atoms with Gasteiger partial charge in [0.15, 0.2) is 6.29 Å². The summed E-state index contributed by atoms with van der Waals surface area (Å²) in [6.07, 6.45) is 4.18. The van der Waals surface area contributed by atoms with E-state index >= 15 is 0 Å². The van der Waals surface area contributed by atoms with Crippen LogP contribution in [-0.2, 0) is 23.4 Å². The van der Waals surface area contributed by atoms with E-state index in [1.165, 1.54) is 0 Å². The molecule has 1 saturated carbocycles. The molecule has 4 aromatic rings. The Morgan fingerprint density at radius 3 is 2.19 bits per heavy atom. The molecule has 6 heteroatoms. The molecule has 0 saturated heterocycles. The minimum atomic E-state index is -1.31. The van der Waals surface area contributed by atoms with Gasteiger partial charge in [-0.3, -0.25) is 4.68 Å². The summed E-state index contributed by atoms with van der Waals surface area (Å²) in [5.41, 5.74) is 7.45. The van der Waals surface area contributed by atoms with Gasteiger partial charge in [-0.25, -0.2) is 0 Å². The molecule has 0 unspecified atom stereocenters. The van der Waals surface area contributed by atoms with Gasteiger partial charge in [-0.1, -0.05) is 90.6 Å². The molecule has 0 aliphatic heterocycles. The number of aliphatic hydroxyl groups excluding tert-OH is 1. The summed E-state index contributed by atoms with van der Waals surface area (Å²) in [5.74, 6) is 0. The molecule has 0 atom stereocenters. The van der Waals surface area contributed by atoms with Gasteiger partial charge in [0.05, 0.1) is 18.5 Å². The fourth-order valence-electron chi connectivity index (χ4n) is 4.43. The number of hydrogen-bond donors (Lipinski definition) is 2. The molecule has 1 fully saturated rings. The van der Waals surface area contributed by atoms with Crippen LogP contribution in [-0.4, -0.2) is 32.0 Å². The molecule has 1 heterocycles. The summed E-state index contributed by atoms with van der Waals surface area (Å²) in [4.78, 5) is 5.59. The van der Waals surface area contributed by atoms with Crippen molar-refractivity contribution in [3.05, 3.63) is 115 Å². The van der Waals surface area contributed by atoms with E-state index in [0.717, 1.165) is 57.5 Å². The topological polar surface area (TPSA) is 79.9 Å². The lowest BCUT2D eigenvalue weighted by Gasteiger charge is -2.18. The number of nitrogens with zero attached hydrogens (tertiary/aromatic N) is 3. The molecule has 5 rings (SSSR count). The van der Waals surface area contributed by atoms with Crippen LogP contribution in [0.2, 0.25) is 0 Å². The minimum Gasteiger partial charge on any atom is -0.391 e. The van der Waals surface area contributed by atoms with Crippen LogP contribution in [0.25, 0.3) is 22.3 Å². The number of rotatable bonds is 10. The Balaban J connectivity index is 1.13. The SMILES string of the molecule is C=C(Cn1cc(-c2ccccc2)cn1)/C(C)=N\OCc1ccc(-c2ccc(C3(C(O)O)CC3)cc2)cc1.